The molecule has 4 nitrogen and oxygen atoms in total. The number of aryl methyl sites for hydroxylation is 1. The van der Waals surface area contributed by atoms with Gasteiger partial charge in [-0.25, -0.2) is 4.98 Å². The molecule has 0 aliphatic rings. The number of phenols is 1. The molecule has 0 saturated carbocycles. The van der Waals surface area contributed by atoms with Crippen molar-refractivity contribution in [1.82, 2.24) is 10.3 Å². The molecule has 100 valence electrons. The van der Waals surface area contributed by atoms with Gasteiger partial charge in [0, 0.05) is 17.1 Å². The van der Waals surface area contributed by atoms with Crippen molar-refractivity contribution in [2.24, 2.45) is 0 Å². The van der Waals surface area contributed by atoms with Crippen molar-refractivity contribution in [1.29, 1.82) is 0 Å². The third-order valence-electron chi connectivity index (χ3n) is 2.86. The summed E-state index contributed by atoms with van der Waals surface area (Å²) in [4.78, 5) is 16.4. The van der Waals surface area contributed by atoms with Crippen molar-refractivity contribution < 1.29 is 9.90 Å². The number of hydrogen-bond acceptors (Lipinski definition) is 4. The number of carbonyl (C=O) groups is 1. The van der Waals surface area contributed by atoms with E-state index >= 15 is 0 Å². The van der Waals surface area contributed by atoms with Gasteiger partial charge < -0.3 is 10.4 Å². The summed E-state index contributed by atoms with van der Waals surface area (Å²) < 4.78 is 0. The van der Waals surface area contributed by atoms with Crippen LogP contribution in [-0.2, 0) is 5.54 Å². The molecule has 0 saturated heterocycles. The van der Waals surface area contributed by atoms with Crippen molar-refractivity contribution in [2.75, 3.05) is 0 Å². The lowest BCUT2D eigenvalue weighted by Crippen LogP contribution is -2.40. The topological polar surface area (TPSA) is 62.2 Å². The quantitative estimate of drug-likeness (QED) is 0.906. The molecule has 1 aromatic heterocycles. The first-order valence-electron chi connectivity index (χ1n) is 5.92. The van der Waals surface area contributed by atoms with E-state index in [1.54, 1.807) is 25.3 Å². The number of amides is 1. The molecule has 5 heteroatoms. The zero-order valence-corrected chi connectivity index (χ0v) is 11.9. The fourth-order valence-corrected chi connectivity index (χ4v) is 2.41. The van der Waals surface area contributed by atoms with Crippen LogP contribution in [0.25, 0.3) is 0 Å². The largest absolute Gasteiger partial charge is 0.508 e. The van der Waals surface area contributed by atoms with Crippen LogP contribution < -0.4 is 5.32 Å². The molecule has 1 amide bonds. The summed E-state index contributed by atoms with van der Waals surface area (Å²) in [6.07, 6.45) is 1.71. The number of aromatic hydroxyl groups is 1. The molecule has 0 aliphatic heterocycles. The Morgan fingerprint density at radius 1 is 1.42 bits per heavy atom. The highest BCUT2D eigenvalue weighted by Crippen LogP contribution is 2.23. The SMILES string of the molecule is Cc1ccc(C(=O)NC(C)(C)c2nccs2)cc1O. The molecule has 0 unspecified atom stereocenters. The second-order valence-electron chi connectivity index (χ2n) is 4.92. The Balaban J connectivity index is 2.19. The first-order valence-corrected chi connectivity index (χ1v) is 6.80. The highest BCUT2D eigenvalue weighted by Gasteiger charge is 2.26. The highest BCUT2D eigenvalue weighted by atomic mass is 32.1. The lowest BCUT2D eigenvalue weighted by molar-refractivity contribution is 0.0911. The van der Waals surface area contributed by atoms with Gasteiger partial charge in [0.2, 0.25) is 0 Å². The molecule has 0 radical (unpaired) electrons. The Kier molecular flexibility index (Phi) is 3.57. The molecule has 1 aromatic carbocycles. The zero-order valence-electron chi connectivity index (χ0n) is 11.1. The molecule has 19 heavy (non-hydrogen) atoms. The molecule has 0 atom stereocenters. The van der Waals surface area contributed by atoms with Crippen LogP contribution in [0.2, 0.25) is 0 Å². The Hall–Kier alpha value is -1.88. The molecule has 0 spiro atoms. The maximum Gasteiger partial charge on any atom is 0.252 e. The summed E-state index contributed by atoms with van der Waals surface area (Å²) in [5.74, 6) is -0.102. The van der Waals surface area contributed by atoms with Crippen LogP contribution in [0.15, 0.2) is 29.8 Å². The predicted molar refractivity (Wildman–Crippen MR) is 75.5 cm³/mol. The Labute approximate surface area is 116 Å². The number of carbonyl (C=O) groups excluding carboxylic acids is 1. The summed E-state index contributed by atoms with van der Waals surface area (Å²) in [6, 6.07) is 4.89. The number of rotatable bonds is 3. The third-order valence-corrected chi connectivity index (χ3v) is 3.96. The Morgan fingerprint density at radius 2 is 2.16 bits per heavy atom. The molecule has 2 N–H and O–H groups in total. The number of thiazole rings is 1. The minimum Gasteiger partial charge on any atom is -0.508 e. The smallest absolute Gasteiger partial charge is 0.252 e. The monoisotopic (exact) mass is 276 g/mol. The number of benzene rings is 1. The number of aromatic nitrogens is 1. The number of hydrogen-bond donors (Lipinski definition) is 2. The first kappa shape index (κ1) is 13.5. The molecule has 2 rings (SSSR count). The Morgan fingerprint density at radius 3 is 2.74 bits per heavy atom. The van der Waals surface area contributed by atoms with Crippen molar-refractivity contribution >= 4 is 17.2 Å². The second-order valence-corrected chi connectivity index (χ2v) is 5.81. The van der Waals surface area contributed by atoms with E-state index < -0.39 is 5.54 Å². The predicted octanol–water partition coefficient (Wildman–Crippen LogP) is 2.82. The van der Waals surface area contributed by atoms with E-state index in [9.17, 15) is 9.90 Å². The summed E-state index contributed by atoms with van der Waals surface area (Å²) in [5, 5.41) is 15.3. The molecule has 1 heterocycles. The maximum atomic E-state index is 12.2. The molecule has 0 aliphatic carbocycles. The van der Waals surface area contributed by atoms with Crippen molar-refractivity contribution in [3.63, 3.8) is 0 Å². The minimum absolute atomic E-state index is 0.125. The molecule has 0 fully saturated rings. The van der Waals surface area contributed by atoms with Crippen LogP contribution in [0.5, 0.6) is 5.75 Å². The van der Waals surface area contributed by atoms with Crippen molar-refractivity contribution in [2.45, 2.75) is 26.3 Å². The van der Waals surface area contributed by atoms with Crippen LogP contribution in [0, 0.1) is 6.92 Å². The van der Waals surface area contributed by atoms with Gasteiger partial charge in [0.05, 0.1) is 5.54 Å². The van der Waals surface area contributed by atoms with Gasteiger partial charge in [0.25, 0.3) is 5.91 Å². The van der Waals surface area contributed by atoms with E-state index in [0.717, 1.165) is 10.6 Å². The van der Waals surface area contributed by atoms with Gasteiger partial charge in [-0.3, -0.25) is 4.79 Å². The average molecular weight is 276 g/mol. The van der Waals surface area contributed by atoms with Crippen LogP contribution in [0.3, 0.4) is 0 Å². The fourth-order valence-electron chi connectivity index (χ4n) is 1.69. The van der Waals surface area contributed by atoms with Gasteiger partial charge in [-0.1, -0.05) is 6.07 Å². The number of nitrogens with zero attached hydrogens (tertiary/aromatic N) is 1. The van der Waals surface area contributed by atoms with Crippen LogP contribution >= 0.6 is 11.3 Å². The van der Waals surface area contributed by atoms with Crippen molar-refractivity contribution in [3.05, 3.63) is 45.9 Å². The summed E-state index contributed by atoms with van der Waals surface area (Å²) in [7, 11) is 0. The van der Waals surface area contributed by atoms with Gasteiger partial charge in [-0.15, -0.1) is 11.3 Å². The van der Waals surface area contributed by atoms with Crippen molar-refractivity contribution in [3.8, 4) is 5.75 Å². The van der Waals surface area contributed by atoms with Crippen LogP contribution in [0.1, 0.15) is 34.8 Å². The van der Waals surface area contributed by atoms with Gasteiger partial charge in [0.1, 0.15) is 10.8 Å². The van der Waals surface area contributed by atoms with Gasteiger partial charge in [0.15, 0.2) is 0 Å². The van der Waals surface area contributed by atoms with E-state index in [0.29, 0.717) is 5.56 Å². The average Bonchev–Trinajstić information content (AvgIpc) is 2.86. The van der Waals surface area contributed by atoms with Crippen LogP contribution in [0.4, 0.5) is 0 Å². The van der Waals surface area contributed by atoms with E-state index in [2.05, 4.69) is 10.3 Å². The third kappa shape index (κ3) is 2.93. The summed E-state index contributed by atoms with van der Waals surface area (Å²) in [5.41, 5.74) is 0.648. The zero-order chi connectivity index (χ0) is 14.0. The van der Waals surface area contributed by atoms with E-state index in [-0.39, 0.29) is 11.7 Å². The summed E-state index contributed by atoms with van der Waals surface area (Å²) >= 11 is 1.50. The lowest BCUT2D eigenvalue weighted by atomic mass is 10.0. The molecular formula is C14H16N2O2S. The Bertz CT molecular complexity index is 591. The molecule has 0 bridgehead atoms. The summed E-state index contributed by atoms with van der Waals surface area (Å²) in [6.45, 7) is 5.59. The molecule has 2 aromatic rings. The number of phenolic OH excluding ortho intramolecular Hbond substituents is 1. The van der Waals surface area contributed by atoms with Crippen LogP contribution in [-0.4, -0.2) is 16.0 Å². The van der Waals surface area contributed by atoms with E-state index in [1.807, 2.05) is 19.2 Å². The normalized spacial score (nSPS) is 11.3. The second kappa shape index (κ2) is 5.01. The highest BCUT2D eigenvalue weighted by molar-refractivity contribution is 7.09. The van der Waals surface area contributed by atoms with E-state index in [1.165, 1.54) is 17.4 Å². The first-order chi connectivity index (χ1) is 8.90. The standard InChI is InChI=1S/C14H16N2O2S/c1-9-4-5-10(8-11(9)17)12(18)16-14(2,3)13-15-6-7-19-13/h4-8,17H,1-3H3,(H,16,18). The molecular weight excluding hydrogens is 260 g/mol. The maximum absolute atomic E-state index is 12.2. The van der Waals surface area contributed by atoms with E-state index in [4.69, 9.17) is 0 Å². The lowest BCUT2D eigenvalue weighted by Gasteiger charge is -2.23. The van der Waals surface area contributed by atoms with Gasteiger partial charge in [-0.05, 0) is 38.5 Å². The number of nitrogens with one attached hydrogen (secondary N) is 1. The van der Waals surface area contributed by atoms with Gasteiger partial charge in [-0.2, -0.15) is 0 Å². The van der Waals surface area contributed by atoms with Gasteiger partial charge >= 0.3 is 0 Å². The fraction of sp³-hybridized carbons (Fsp3) is 0.286. The minimum atomic E-state index is -0.536.